The van der Waals surface area contributed by atoms with Gasteiger partial charge in [0.1, 0.15) is 0 Å². The van der Waals surface area contributed by atoms with Crippen molar-refractivity contribution < 1.29 is 0 Å². The summed E-state index contributed by atoms with van der Waals surface area (Å²) in [5.41, 5.74) is 6.49. The van der Waals surface area contributed by atoms with Gasteiger partial charge in [0.25, 0.3) is 0 Å². The van der Waals surface area contributed by atoms with Gasteiger partial charge >= 0.3 is 0 Å². The van der Waals surface area contributed by atoms with Crippen LogP contribution < -0.4 is 5.73 Å². The Bertz CT molecular complexity index is 610. The van der Waals surface area contributed by atoms with Gasteiger partial charge in [-0.3, -0.25) is 0 Å². The van der Waals surface area contributed by atoms with Crippen LogP contribution in [0.25, 0.3) is 15.8 Å². The van der Waals surface area contributed by atoms with Crippen LogP contribution in [0.5, 0.6) is 0 Å². The third kappa shape index (κ3) is 1.37. The van der Waals surface area contributed by atoms with E-state index in [1.807, 2.05) is 6.07 Å². The van der Waals surface area contributed by atoms with Crippen molar-refractivity contribution >= 4 is 27.2 Å². The van der Waals surface area contributed by atoms with Crippen molar-refractivity contribution in [3.63, 3.8) is 0 Å². The normalized spacial score (nSPS) is 10.9. The molecule has 0 aliphatic rings. The zero-order valence-electron chi connectivity index (χ0n) is 7.79. The number of rotatable bonds is 1. The summed E-state index contributed by atoms with van der Waals surface area (Å²) < 4.78 is 2.94. The predicted octanol–water partition coefficient (Wildman–Crippen LogP) is 2.06. The summed E-state index contributed by atoms with van der Waals surface area (Å²) in [6.45, 7) is 0. The fraction of sp³-hybridized carbons (Fsp3) is 0. The minimum Gasteiger partial charge on any atom is -0.381 e. The number of hydrogen-bond donors (Lipinski definition) is 1. The quantitative estimate of drug-likeness (QED) is 0.677. The summed E-state index contributed by atoms with van der Waals surface area (Å²) in [5.74, 6) is 0.431. The largest absolute Gasteiger partial charge is 0.381 e. The van der Waals surface area contributed by atoms with Crippen LogP contribution in [0.4, 0.5) is 5.82 Å². The molecule has 2 heterocycles. The van der Waals surface area contributed by atoms with Gasteiger partial charge < -0.3 is 5.73 Å². The van der Waals surface area contributed by atoms with E-state index in [0.717, 1.165) is 5.69 Å². The topological polar surface area (TPSA) is 56.7 Å². The fourth-order valence-electron chi connectivity index (χ4n) is 1.50. The molecule has 0 radical (unpaired) electrons. The van der Waals surface area contributed by atoms with Crippen LogP contribution in [0.2, 0.25) is 0 Å². The zero-order chi connectivity index (χ0) is 10.3. The second-order valence-corrected chi connectivity index (χ2v) is 4.18. The van der Waals surface area contributed by atoms with Gasteiger partial charge in [0, 0.05) is 4.70 Å². The predicted molar refractivity (Wildman–Crippen MR) is 61.2 cm³/mol. The van der Waals surface area contributed by atoms with Crippen LogP contribution in [-0.2, 0) is 0 Å². The number of aromatic nitrogens is 3. The standard InChI is InChI=1S/C10H8N4S/c11-10-6-14(13-12-10)8-1-2-9-7(5-8)3-4-15-9/h1-6H,11H2. The van der Waals surface area contributed by atoms with Crippen LogP contribution >= 0.6 is 11.3 Å². The van der Waals surface area contributed by atoms with E-state index < -0.39 is 0 Å². The Balaban J connectivity index is 2.18. The highest BCUT2D eigenvalue weighted by atomic mass is 32.1. The Hall–Kier alpha value is -1.88. The van der Waals surface area contributed by atoms with E-state index >= 15 is 0 Å². The lowest BCUT2D eigenvalue weighted by atomic mass is 10.2. The van der Waals surface area contributed by atoms with Gasteiger partial charge in [-0.1, -0.05) is 5.21 Å². The summed E-state index contributed by atoms with van der Waals surface area (Å²) in [4.78, 5) is 0. The van der Waals surface area contributed by atoms with Gasteiger partial charge in [-0.2, -0.15) is 0 Å². The Morgan fingerprint density at radius 2 is 2.20 bits per heavy atom. The molecule has 0 aliphatic carbocycles. The van der Waals surface area contributed by atoms with E-state index in [2.05, 4.69) is 33.9 Å². The first kappa shape index (κ1) is 8.43. The smallest absolute Gasteiger partial charge is 0.166 e. The number of nitrogens with zero attached hydrogens (tertiary/aromatic N) is 3. The van der Waals surface area contributed by atoms with E-state index in [-0.39, 0.29) is 0 Å². The van der Waals surface area contributed by atoms with Crippen LogP contribution in [0, 0.1) is 0 Å². The van der Waals surface area contributed by atoms with E-state index in [1.165, 1.54) is 10.1 Å². The molecule has 0 bridgehead atoms. The van der Waals surface area contributed by atoms with E-state index in [0.29, 0.717) is 5.82 Å². The highest BCUT2D eigenvalue weighted by Gasteiger charge is 2.01. The number of benzene rings is 1. The van der Waals surface area contributed by atoms with Crippen molar-refractivity contribution in [1.29, 1.82) is 0 Å². The molecule has 0 unspecified atom stereocenters. The first-order chi connectivity index (χ1) is 7.33. The maximum Gasteiger partial charge on any atom is 0.166 e. The third-order valence-corrected chi connectivity index (χ3v) is 3.11. The lowest BCUT2D eigenvalue weighted by Crippen LogP contribution is -1.93. The van der Waals surface area contributed by atoms with Crippen LogP contribution in [0.1, 0.15) is 0 Å². The lowest BCUT2D eigenvalue weighted by molar-refractivity contribution is 0.805. The maximum atomic E-state index is 5.52. The molecule has 0 spiro atoms. The molecule has 0 atom stereocenters. The van der Waals surface area contributed by atoms with Crippen molar-refractivity contribution in [2.24, 2.45) is 0 Å². The summed E-state index contributed by atoms with van der Waals surface area (Å²) in [6.07, 6.45) is 1.70. The van der Waals surface area contributed by atoms with E-state index in [4.69, 9.17) is 5.73 Å². The van der Waals surface area contributed by atoms with Gasteiger partial charge in [0.15, 0.2) is 5.82 Å². The molecule has 0 saturated carbocycles. The lowest BCUT2D eigenvalue weighted by Gasteiger charge is -1.99. The summed E-state index contributed by atoms with van der Waals surface area (Å²) in [5, 5.41) is 11.0. The highest BCUT2D eigenvalue weighted by molar-refractivity contribution is 7.17. The minimum atomic E-state index is 0.431. The average molecular weight is 216 g/mol. The van der Waals surface area contributed by atoms with Crippen molar-refractivity contribution in [1.82, 2.24) is 15.0 Å². The molecule has 5 heteroatoms. The molecule has 1 aromatic carbocycles. The second-order valence-electron chi connectivity index (χ2n) is 3.23. The molecule has 3 rings (SSSR count). The Kier molecular flexibility index (Phi) is 1.72. The van der Waals surface area contributed by atoms with E-state index in [1.54, 1.807) is 22.2 Å². The van der Waals surface area contributed by atoms with Gasteiger partial charge in [-0.05, 0) is 35.0 Å². The van der Waals surface area contributed by atoms with Crippen LogP contribution in [0.15, 0.2) is 35.8 Å². The Morgan fingerprint density at radius 1 is 1.27 bits per heavy atom. The summed E-state index contributed by atoms with van der Waals surface area (Å²) in [7, 11) is 0. The first-order valence-corrected chi connectivity index (χ1v) is 5.36. The highest BCUT2D eigenvalue weighted by Crippen LogP contribution is 2.23. The molecule has 2 aromatic heterocycles. The molecule has 0 amide bonds. The molecule has 0 aliphatic heterocycles. The number of anilines is 1. The SMILES string of the molecule is Nc1cn(-c2ccc3sccc3c2)nn1. The molecular formula is C10H8N4S. The molecule has 4 nitrogen and oxygen atoms in total. The first-order valence-electron chi connectivity index (χ1n) is 4.48. The van der Waals surface area contributed by atoms with Crippen LogP contribution in [0.3, 0.4) is 0 Å². The van der Waals surface area contributed by atoms with Crippen LogP contribution in [-0.4, -0.2) is 15.0 Å². The third-order valence-electron chi connectivity index (χ3n) is 2.21. The average Bonchev–Trinajstić information content (AvgIpc) is 2.84. The Morgan fingerprint density at radius 3 is 3.00 bits per heavy atom. The second kappa shape index (κ2) is 3.06. The van der Waals surface area contributed by atoms with Gasteiger partial charge in [-0.15, -0.1) is 16.4 Å². The van der Waals surface area contributed by atoms with E-state index in [9.17, 15) is 0 Å². The molecule has 0 fully saturated rings. The van der Waals surface area contributed by atoms with Gasteiger partial charge in [0.2, 0.25) is 0 Å². The van der Waals surface area contributed by atoms with Gasteiger partial charge in [0.05, 0.1) is 11.9 Å². The number of fused-ring (bicyclic) bond motifs is 1. The van der Waals surface area contributed by atoms with Crippen molar-refractivity contribution in [2.45, 2.75) is 0 Å². The maximum absolute atomic E-state index is 5.52. The Labute approximate surface area is 89.9 Å². The summed E-state index contributed by atoms with van der Waals surface area (Å²) >= 11 is 1.73. The van der Waals surface area contributed by atoms with Gasteiger partial charge in [-0.25, -0.2) is 4.68 Å². The molecule has 74 valence electrons. The molecule has 3 aromatic rings. The fourth-order valence-corrected chi connectivity index (χ4v) is 2.27. The molecular weight excluding hydrogens is 208 g/mol. The monoisotopic (exact) mass is 216 g/mol. The molecule has 15 heavy (non-hydrogen) atoms. The molecule has 2 N–H and O–H groups in total. The van der Waals surface area contributed by atoms with Crippen molar-refractivity contribution in [2.75, 3.05) is 5.73 Å². The minimum absolute atomic E-state index is 0.431. The molecule has 0 saturated heterocycles. The number of nitrogen functional groups attached to an aromatic ring is 1. The van der Waals surface area contributed by atoms with Crippen molar-refractivity contribution in [3.8, 4) is 5.69 Å². The zero-order valence-corrected chi connectivity index (χ0v) is 8.61. The number of nitrogens with two attached hydrogens (primary N) is 1. The summed E-state index contributed by atoms with van der Waals surface area (Å²) in [6, 6.07) is 8.24. The number of thiophene rings is 1. The van der Waals surface area contributed by atoms with Crippen molar-refractivity contribution in [3.05, 3.63) is 35.8 Å². The number of hydrogen-bond acceptors (Lipinski definition) is 4.